The lowest BCUT2D eigenvalue weighted by Crippen LogP contribution is -2.43. The van der Waals surface area contributed by atoms with E-state index in [4.69, 9.17) is 14.5 Å². The fraction of sp³-hybridized carbons (Fsp3) is 0.521. The second-order valence-electron chi connectivity index (χ2n) is 18.7. The smallest absolute Gasteiger partial charge is 0.248 e. The van der Waals surface area contributed by atoms with E-state index in [1.807, 2.05) is 47.4 Å². The van der Waals surface area contributed by atoms with Crippen molar-refractivity contribution in [1.29, 1.82) is 0 Å². The van der Waals surface area contributed by atoms with Gasteiger partial charge >= 0.3 is 0 Å². The molecule has 0 unspecified atom stereocenters. The normalized spacial score (nSPS) is 17.9. The molecular weight excluding hydrogens is 753 g/mol. The molecule has 2 aliphatic rings. The number of aromatic hydroxyl groups is 1. The van der Waals surface area contributed by atoms with Crippen LogP contribution in [0.4, 0.5) is 0 Å². The van der Waals surface area contributed by atoms with E-state index < -0.39 is 13.9 Å². The SMILES string of the molecule is CC(C)(C)[Si](C)(C)O[C@@H](CNCCc1ccc(CCN2CCC(Cn3cnc([C@](O)(c4ccccc4)C4CCCCC4)n3)CC2)cc1)c1ccc(O)c2[nH]c(=O)ccc12. The Bertz CT molecular complexity index is 2170. The molecule has 3 aromatic carbocycles. The Morgan fingerprint density at radius 3 is 2.29 bits per heavy atom. The summed E-state index contributed by atoms with van der Waals surface area (Å²) in [6.45, 7) is 16.7. The Morgan fingerprint density at radius 2 is 1.59 bits per heavy atom. The Hall–Kier alpha value is -4.13. The van der Waals surface area contributed by atoms with E-state index in [-0.39, 0.29) is 28.4 Å². The molecule has 1 aliphatic heterocycles. The summed E-state index contributed by atoms with van der Waals surface area (Å²) in [6.07, 6.45) is 11.4. The first kappa shape index (κ1) is 43.0. The van der Waals surface area contributed by atoms with Gasteiger partial charge in [0.15, 0.2) is 19.7 Å². The zero-order valence-electron chi connectivity index (χ0n) is 35.9. The molecule has 1 aliphatic carbocycles. The number of hydrogen-bond acceptors (Lipinski definition) is 8. The predicted octanol–water partition coefficient (Wildman–Crippen LogP) is 8.49. The number of benzene rings is 3. The minimum Gasteiger partial charge on any atom is -0.506 e. The lowest BCUT2D eigenvalue weighted by molar-refractivity contribution is -0.00865. The number of aromatic amines is 1. The zero-order valence-corrected chi connectivity index (χ0v) is 36.9. The third-order valence-electron chi connectivity index (χ3n) is 13.6. The van der Waals surface area contributed by atoms with Gasteiger partial charge in [-0.1, -0.05) is 101 Å². The van der Waals surface area contributed by atoms with Crippen LogP contribution in [0.5, 0.6) is 5.75 Å². The number of nitrogens with one attached hydrogen (secondary N) is 2. The van der Waals surface area contributed by atoms with Crippen molar-refractivity contribution in [3.8, 4) is 5.75 Å². The molecule has 5 aromatic rings. The van der Waals surface area contributed by atoms with Gasteiger partial charge < -0.3 is 29.8 Å². The van der Waals surface area contributed by atoms with Crippen molar-refractivity contribution in [3.63, 3.8) is 0 Å². The molecule has 2 atom stereocenters. The van der Waals surface area contributed by atoms with Crippen molar-refractivity contribution < 1.29 is 14.6 Å². The zero-order chi connectivity index (χ0) is 41.6. The van der Waals surface area contributed by atoms with E-state index in [0.717, 1.165) is 101 Å². The standard InChI is InChI=1S/C48H66N6O4Si/c1-47(2,3)59(4,5)58-43(40-20-22-42(55)45-41(40)21-23-44(56)51-45)32-49-28-24-35-16-18-36(19-17-35)25-29-53-30-26-37(27-31-53)33-54-34-50-46(52-54)48(57,38-12-8-6-9-13-38)39-14-10-7-11-15-39/h6,8-9,12-13,16-23,34,37,39,43,49,55,57H,7,10-11,14-15,24-33H2,1-5H3,(H,51,56)/t43-,48-/m0/s1. The summed E-state index contributed by atoms with van der Waals surface area (Å²) < 4.78 is 8.95. The third kappa shape index (κ3) is 10.3. The molecule has 1 saturated heterocycles. The van der Waals surface area contributed by atoms with E-state index in [1.54, 1.807) is 12.1 Å². The maximum absolute atomic E-state index is 12.2. The van der Waals surface area contributed by atoms with Gasteiger partial charge in [0.1, 0.15) is 12.1 Å². The van der Waals surface area contributed by atoms with Gasteiger partial charge in [-0.25, -0.2) is 4.98 Å². The molecule has 0 spiro atoms. The number of pyridine rings is 1. The highest BCUT2D eigenvalue weighted by Gasteiger charge is 2.44. The molecule has 7 rings (SSSR count). The first-order valence-electron chi connectivity index (χ1n) is 22.0. The maximum atomic E-state index is 12.2. The highest BCUT2D eigenvalue weighted by molar-refractivity contribution is 6.74. The van der Waals surface area contributed by atoms with Crippen LogP contribution in [0.25, 0.3) is 10.9 Å². The van der Waals surface area contributed by atoms with Crippen LogP contribution >= 0.6 is 0 Å². The van der Waals surface area contributed by atoms with Crippen LogP contribution in [0.3, 0.4) is 0 Å². The molecule has 1 saturated carbocycles. The predicted molar refractivity (Wildman–Crippen MR) is 239 cm³/mol. The molecule has 3 heterocycles. The van der Waals surface area contributed by atoms with Gasteiger partial charge in [0.05, 0.1) is 11.6 Å². The van der Waals surface area contributed by atoms with E-state index in [0.29, 0.717) is 23.8 Å². The number of phenolic OH excluding ortho intramolecular Hbond substituents is 1. The van der Waals surface area contributed by atoms with Crippen molar-refractivity contribution in [3.05, 3.63) is 124 Å². The lowest BCUT2D eigenvalue weighted by atomic mass is 9.73. The van der Waals surface area contributed by atoms with Gasteiger partial charge in [0.25, 0.3) is 0 Å². The fourth-order valence-electron chi connectivity index (χ4n) is 8.89. The average Bonchev–Trinajstić information content (AvgIpc) is 3.71. The van der Waals surface area contributed by atoms with Crippen LogP contribution in [0, 0.1) is 11.8 Å². The van der Waals surface area contributed by atoms with Crippen LogP contribution in [0.1, 0.15) is 99.9 Å². The topological polar surface area (TPSA) is 129 Å². The van der Waals surface area contributed by atoms with Crippen molar-refractivity contribution in [2.75, 3.05) is 32.7 Å². The third-order valence-corrected chi connectivity index (χ3v) is 18.1. The molecule has 0 amide bonds. The minimum absolute atomic E-state index is 0.0287. The molecule has 11 heteroatoms. The molecule has 59 heavy (non-hydrogen) atoms. The molecule has 2 fully saturated rings. The van der Waals surface area contributed by atoms with Gasteiger partial charge in [-0.15, -0.1) is 0 Å². The van der Waals surface area contributed by atoms with E-state index in [1.165, 1.54) is 23.6 Å². The number of H-pyrrole nitrogens is 1. The number of hydrogen-bond donors (Lipinski definition) is 4. The van der Waals surface area contributed by atoms with Crippen molar-refractivity contribution >= 4 is 19.2 Å². The van der Waals surface area contributed by atoms with Crippen LogP contribution in [-0.4, -0.2) is 75.9 Å². The first-order chi connectivity index (χ1) is 28.3. The number of likely N-dealkylation sites (tertiary alicyclic amines) is 1. The number of piperidine rings is 1. The van der Waals surface area contributed by atoms with Gasteiger partial charge in [0, 0.05) is 31.1 Å². The molecule has 316 valence electrons. The summed E-state index contributed by atoms with van der Waals surface area (Å²) in [4.78, 5) is 22.2. The molecular formula is C48H66N6O4Si. The van der Waals surface area contributed by atoms with Crippen LogP contribution in [0.2, 0.25) is 18.1 Å². The number of rotatable bonds is 16. The number of fused-ring (bicyclic) bond motifs is 1. The van der Waals surface area contributed by atoms with Crippen LogP contribution < -0.4 is 10.9 Å². The highest BCUT2D eigenvalue weighted by Crippen LogP contribution is 2.43. The summed E-state index contributed by atoms with van der Waals surface area (Å²) in [5, 5.41) is 32.2. The summed E-state index contributed by atoms with van der Waals surface area (Å²) in [7, 11) is -2.15. The van der Waals surface area contributed by atoms with Gasteiger partial charge in [0.2, 0.25) is 5.56 Å². The lowest BCUT2D eigenvalue weighted by Gasteiger charge is -2.39. The second kappa shape index (κ2) is 18.6. The highest BCUT2D eigenvalue weighted by atomic mass is 28.4. The monoisotopic (exact) mass is 818 g/mol. The quantitative estimate of drug-likeness (QED) is 0.0577. The summed E-state index contributed by atoms with van der Waals surface area (Å²) in [5.74, 6) is 1.30. The van der Waals surface area contributed by atoms with Gasteiger partial charge in [-0.05, 0) is 123 Å². The van der Waals surface area contributed by atoms with Crippen molar-refractivity contribution in [2.45, 2.75) is 115 Å². The summed E-state index contributed by atoms with van der Waals surface area (Å²) in [6, 6.07) is 26.0. The molecule has 10 nitrogen and oxygen atoms in total. The number of aliphatic hydroxyl groups is 1. The van der Waals surface area contributed by atoms with Gasteiger partial charge in [-0.2, -0.15) is 5.10 Å². The molecule has 0 bridgehead atoms. The van der Waals surface area contributed by atoms with Crippen LogP contribution in [0.15, 0.2) is 90.0 Å². The number of aromatic nitrogens is 4. The Labute approximate surface area is 351 Å². The molecule has 4 N–H and O–H groups in total. The Kier molecular flexibility index (Phi) is 13.6. The Morgan fingerprint density at radius 1 is 0.898 bits per heavy atom. The van der Waals surface area contributed by atoms with E-state index in [2.05, 4.69) is 73.3 Å². The van der Waals surface area contributed by atoms with Crippen LogP contribution in [-0.2, 0) is 29.4 Å². The largest absolute Gasteiger partial charge is 0.506 e. The molecule has 2 aromatic heterocycles. The fourth-order valence-corrected chi connectivity index (χ4v) is 10.2. The summed E-state index contributed by atoms with van der Waals surface area (Å²) >= 11 is 0. The van der Waals surface area contributed by atoms with E-state index in [9.17, 15) is 15.0 Å². The minimum atomic E-state index is -2.15. The molecule has 0 radical (unpaired) electrons. The van der Waals surface area contributed by atoms with Crippen molar-refractivity contribution in [2.24, 2.45) is 11.8 Å². The average molecular weight is 819 g/mol. The van der Waals surface area contributed by atoms with Crippen molar-refractivity contribution in [1.82, 2.24) is 30.0 Å². The maximum Gasteiger partial charge on any atom is 0.248 e. The van der Waals surface area contributed by atoms with Gasteiger partial charge in [-0.3, -0.25) is 9.48 Å². The number of phenols is 1. The Balaban J connectivity index is 0.874. The number of nitrogens with zero attached hydrogens (tertiary/aromatic N) is 4. The first-order valence-corrected chi connectivity index (χ1v) is 24.9. The summed E-state index contributed by atoms with van der Waals surface area (Å²) in [5.41, 5.74) is 3.59. The second-order valence-corrected chi connectivity index (χ2v) is 23.5. The van der Waals surface area contributed by atoms with E-state index >= 15 is 0 Å².